The van der Waals surface area contributed by atoms with Gasteiger partial charge in [-0.15, -0.1) is 12.4 Å². The Bertz CT molecular complexity index is 365. The van der Waals surface area contributed by atoms with Crippen LogP contribution >= 0.6 is 12.4 Å². The first-order chi connectivity index (χ1) is 5.75. The molecule has 0 radical (unpaired) electrons. The van der Waals surface area contributed by atoms with E-state index in [-0.39, 0.29) is 18.0 Å². The maximum atomic E-state index is 10.9. The van der Waals surface area contributed by atoms with Gasteiger partial charge in [0.25, 0.3) is 5.56 Å². The lowest BCUT2D eigenvalue weighted by molar-refractivity contribution is 0.438. The predicted molar refractivity (Wildman–Crippen MR) is 50.5 cm³/mol. The Balaban J connectivity index is 0.000000845. The minimum absolute atomic E-state index is 0. The fourth-order valence-corrected chi connectivity index (χ4v) is 1.22. The largest absolute Gasteiger partial charge is 0.325 e. The third-order valence-electron chi connectivity index (χ3n) is 2.00. The number of rotatable bonds is 1. The Hall–Kier alpha value is -1.07. The van der Waals surface area contributed by atoms with Gasteiger partial charge in [0.2, 0.25) is 0 Å². The van der Waals surface area contributed by atoms with Crippen molar-refractivity contribution in [2.45, 2.75) is 5.92 Å². The Kier molecular flexibility index (Phi) is 2.90. The van der Waals surface area contributed by atoms with E-state index in [2.05, 4.69) is 15.3 Å². The molecule has 0 saturated carbocycles. The van der Waals surface area contributed by atoms with Crippen LogP contribution in [0.25, 0.3) is 0 Å². The molecule has 5 nitrogen and oxygen atoms in total. The fraction of sp³-hybridized carbons (Fsp3) is 0.429. The molecule has 1 fully saturated rings. The molecule has 0 aromatic carbocycles. The van der Waals surface area contributed by atoms with Crippen LogP contribution in [0.1, 0.15) is 11.6 Å². The van der Waals surface area contributed by atoms with Crippen LogP contribution in [0.4, 0.5) is 0 Å². The molecule has 1 aromatic heterocycles. The molecule has 0 amide bonds. The molecule has 1 aliphatic rings. The van der Waals surface area contributed by atoms with Crippen molar-refractivity contribution in [1.82, 2.24) is 15.3 Å². The smallest absolute Gasteiger partial charge is 0.315 e. The Labute approximate surface area is 80.0 Å². The van der Waals surface area contributed by atoms with Gasteiger partial charge >= 0.3 is 5.69 Å². The molecular weight excluding hydrogens is 194 g/mol. The summed E-state index contributed by atoms with van der Waals surface area (Å²) in [6, 6.07) is 1.44. The van der Waals surface area contributed by atoms with Gasteiger partial charge in [0.05, 0.1) is 0 Å². The van der Waals surface area contributed by atoms with Crippen LogP contribution in [0.5, 0.6) is 0 Å². The Morgan fingerprint density at radius 2 is 1.92 bits per heavy atom. The lowest BCUT2D eigenvalue weighted by Crippen LogP contribution is -2.42. The SMILES string of the molecule is Cl.O=c1cc(C2CNC2)[nH]c(=O)[nH]1. The summed E-state index contributed by atoms with van der Waals surface area (Å²) < 4.78 is 0. The number of hydrogen-bond acceptors (Lipinski definition) is 3. The lowest BCUT2D eigenvalue weighted by Gasteiger charge is -2.26. The number of aromatic amines is 2. The highest BCUT2D eigenvalue weighted by Crippen LogP contribution is 2.13. The molecule has 2 rings (SSSR count). The number of aromatic nitrogens is 2. The molecule has 0 spiro atoms. The van der Waals surface area contributed by atoms with Gasteiger partial charge in [-0.05, 0) is 0 Å². The van der Waals surface area contributed by atoms with Crippen molar-refractivity contribution in [3.63, 3.8) is 0 Å². The van der Waals surface area contributed by atoms with Crippen molar-refractivity contribution in [2.75, 3.05) is 13.1 Å². The summed E-state index contributed by atoms with van der Waals surface area (Å²) in [5.41, 5.74) is -0.0347. The van der Waals surface area contributed by atoms with Crippen LogP contribution < -0.4 is 16.6 Å². The first-order valence-electron chi connectivity index (χ1n) is 3.80. The first-order valence-corrected chi connectivity index (χ1v) is 3.80. The molecule has 3 N–H and O–H groups in total. The second kappa shape index (κ2) is 3.76. The minimum Gasteiger partial charge on any atom is -0.315 e. The van der Waals surface area contributed by atoms with Crippen LogP contribution in [0.15, 0.2) is 15.7 Å². The van der Waals surface area contributed by atoms with Crippen LogP contribution in [-0.2, 0) is 0 Å². The lowest BCUT2D eigenvalue weighted by atomic mass is 9.99. The monoisotopic (exact) mass is 203 g/mol. The van der Waals surface area contributed by atoms with Crippen molar-refractivity contribution in [1.29, 1.82) is 0 Å². The molecule has 0 unspecified atom stereocenters. The van der Waals surface area contributed by atoms with E-state index in [9.17, 15) is 9.59 Å². The molecule has 13 heavy (non-hydrogen) atoms. The zero-order valence-electron chi connectivity index (χ0n) is 6.79. The second-order valence-electron chi connectivity index (χ2n) is 2.90. The van der Waals surface area contributed by atoms with E-state index in [1.165, 1.54) is 6.07 Å². The van der Waals surface area contributed by atoms with Crippen LogP contribution in [0.3, 0.4) is 0 Å². The van der Waals surface area contributed by atoms with Gasteiger partial charge in [-0.2, -0.15) is 0 Å². The van der Waals surface area contributed by atoms with Crippen molar-refractivity contribution in [3.05, 3.63) is 32.6 Å². The summed E-state index contributed by atoms with van der Waals surface area (Å²) in [5.74, 6) is 0.292. The molecular formula is C7H10ClN3O2. The van der Waals surface area contributed by atoms with Crippen molar-refractivity contribution < 1.29 is 0 Å². The van der Waals surface area contributed by atoms with E-state index >= 15 is 0 Å². The van der Waals surface area contributed by atoms with E-state index in [4.69, 9.17) is 0 Å². The molecule has 2 heterocycles. The zero-order valence-corrected chi connectivity index (χ0v) is 7.61. The van der Waals surface area contributed by atoms with Gasteiger partial charge in [0.15, 0.2) is 0 Å². The van der Waals surface area contributed by atoms with E-state index in [0.29, 0.717) is 5.92 Å². The highest BCUT2D eigenvalue weighted by Gasteiger charge is 2.19. The highest BCUT2D eigenvalue weighted by molar-refractivity contribution is 5.85. The maximum absolute atomic E-state index is 10.9. The second-order valence-corrected chi connectivity index (χ2v) is 2.90. The topological polar surface area (TPSA) is 77.8 Å². The number of nitrogens with one attached hydrogen (secondary N) is 3. The van der Waals surface area contributed by atoms with Crippen molar-refractivity contribution in [3.8, 4) is 0 Å². The number of hydrogen-bond donors (Lipinski definition) is 3. The van der Waals surface area contributed by atoms with E-state index in [1.54, 1.807) is 0 Å². The summed E-state index contributed by atoms with van der Waals surface area (Å²) >= 11 is 0. The summed E-state index contributed by atoms with van der Waals surface area (Å²) in [6.07, 6.45) is 0. The predicted octanol–water partition coefficient (Wildman–Crippen LogP) is -0.828. The molecule has 0 atom stereocenters. The molecule has 0 aliphatic carbocycles. The average molecular weight is 204 g/mol. The summed E-state index contributed by atoms with van der Waals surface area (Å²) in [7, 11) is 0. The summed E-state index contributed by atoms with van der Waals surface area (Å²) in [4.78, 5) is 26.4. The van der Waals surface area contributed by atoms with Gasteiger partial charge in [0.1, 0.15) is 0 Å². The third kappa shape index (κ3) is 1.99. The first kappa shape index (κ1) is 10.0. The third-order valence-corrected chi connectivity index (χ3v) is 2.00. The van der Waals surface area contributed by atoms with Crippen LogP contribution in [-0.4, -0.2) is 23.1 Å². The van der Waals surface area contributed by atoms with E-state index in [1.807, 2.05) is 0 Å². The van der Waals surface area contributed by atoms with Gasteiger partial charge in [-0.25, -0.2) is 4.79 Å². The average Bonchev–Trinajstić information content (AvgIpc) is 1.79. The van der Waals surface area contributed by atoms with Gasteiger partial charge in [-0.1, -0.05) is 0 Å². The fourth-order valence-electron chi connectivity index (χ4n) is 1.22. The molecule has 1 aliphatic heterocycles. The van der Waals surface area contributed by atoms with Crippen molar-refractivity contribution in [2.24, 2.45) is 0 Å². The number of H-pyrrole nitrogens is 2. The summed E-state index contributed by atoms with van der Waals surface area (Å²) in [5, 5.41) is 3.06. The maximum Gasteiger partial charge on any atom is 0.325 e. The zero-order chi connectivity index (χ0) is 8.55. The van der Waals surface area contributed by atoms with E-state index in [0.717, 1.165) is 18.8 Å². The Morgan fingerprint density at radius 3 is 2.38 bits per heavy atom. The molecule has 72 valence electrons. The normalized spacial score (nSPS) is 16.0. The molecule has 1 saturated heterocycles. The van der Waals surface area contributed by atoms with Crippen LogP contribution in [0, 0.1) is 0 Å². The molecule has 6 heteroatoms. The van der Waals surface area contributed by atoms with Crippen LogP contribution in [0.2, 0.25) is 0 Å². The van der Waals surface area contributed by atoms with E-state index < -0.39 is 5.69 Å². The number of halogens is 1. The standard InChI is InChI=1S/C7H9N3O2.ClH/c11-6-1-5(4-2-8-3-4)9-7(12)10-6;/h1,4,8H,2-3H2,(H2,9,10,11,12);1H. The summed E-state index contributed by atoms with van der Waals surface area (Å²) in [6.45, 7) is 1.67. The molecule has 1 aromatic rings. The Morgan fingerprint density at radius 1 is 1.23 bits per heavy atom. The minimum atomic E-state index is -0.426. The van der Waals surface area contributed by atoms with Gasteiger partial charge < -0.3 is 10.3 Å². The quantitative estimate of drug-likeness (QED) is 0.558. The molecule has 0 bridgehead atoms. The van der Waals surface area contributed by atoms with Gasteiger partial charge in [-0.3, -0.25) is 9.78 Å². The van der Waals surface area contributed by atoms with Gasteiger partial charge in [0, 0.05) is 30.8 Å². The highest BCUT2D eigenvalue weighted by atomic mass is 35.5. The van der Waals surface area contributed by atoms with Crippen molar-refractivity contribution >= 4 is 12.4 Å².